The number of aromatic amines is 1. The van der Waals surface area contributed by atoms with Gasteiger partial charge in [0.15, 0.2) is 0 Å². The highest BCUT2D eigenvalue weighted by Crippen LogP contribution is 2.37. The van der Waals surface area contributed by atoms with Crippen molar-refractivity contribution in [3.63, 3.8) is 0 Å². The predicted molar refractivity (Wildman–Crippen MR) is 115 cm³/mol. The Kier molecular flexibility index (Phi) is 4.77. The number of alkyl halides is 2. The number of benzene rings is 1. The third kappa shape index (κ3) is 3.37. The van der Waals surface area contributed by atoms with E-state index in [1.807, 2.05) is 35.2 Å². The number of halogens is 2. The van der Waals surface area contributed by atoms with Crippen LogP contribution in [0.15, 0.2) is 36.8 Å². The Morgan fingerprint density at radius 2 is 1.97 bits per heavy atom. The van der Waals surface area contributed by atoms with Gasteiger partial charge in [-0.05, 0) is 55.4 Å². The molecule has 0 radical (unpaired) electrons. The van der Waals surface area contributed by atoms with E-state index in [0.717, 1.165) is 40.4 Å². The highest BCUT2D eigenvalue weighted by Gasteiger charge is 2.26. The van der Waals surface area contributed by atoms with E-state index < -0.39 is 6.43 Å². The minimum atomic E-state index is -2.26. The molecule has 5 nitrogen and oxygen atoms in total. The van der Waals surface area contributed by atoms with E-state index in [-0.39, 0.29) is 6.54 Å². The Morgan fingerprint density at radius 1 is 1.17 bits per heavy atom. The summed E-state index contributed by atoms with van der Waals surface area (Å²) in [6.45, 7) is 3.45. The predicted octanol–water partition coefficient (Wildman–Crippen LogP) is 4.87. The van der Waals surface area contributed by atoms with Crippen molar-refractivity contribution >= 4 is 21.8 Å². The van der Waals surface area contributed by atoms with Crippen molar-refractivity contribution in [3.05, 3.63) is 48.0 Å². The molecule has 4 aromatic rings. The van der Waals surface area contributed by atoms with Gasteiger partial charge in [0.05, 0.1) is 12.7 Å². The number of hydrogen-bond donors (Lipinski definition) is 1. The van der Waals surface area contributed by atoms with Gasteiger partial charge in [-0.15, -0.1) is 0 Å². The minimum Gasteiger partial charge on any atom is -0.343 e. The number of likely N-dealkylation sites (tertiary alicyclic amines) is 1. The second-order valence-electron chi connectivity index (χ2n) is 8.32. The van der Waals surface area contributed by atoms with Gasteiger partial charge in [-0.25, -0.2) is 13.8 Å². The molecule has 0 aliphatic carbocycles. The molecule has 0 atom stereocenters. The van der Waals surface area contributed by atoms with Crippen molar-refractivity contribution < 1.29 is 8.78 Å². The SMILES string of the molecule is Cc1c(C2CCN(CC(F)F)CC2)[nH]c2ncc3ccc(-c4cnn(C)c4)cc3c12. The summed E-state index contributed by atoms with van der Waals surface area (Å²) < 4.78 is 27.2. The van der Waals surface area contributed by atoms with Crippen LogP contribution in [0, 0.1) is 6.92 Å². The average Bonchev–Trinajstić information content (AvgIpc) is 3.31. The summed E-state index contributed by atoms with van der Waals surface area (Å²) in [5.74, 6) is 0.352. The van der Waals surface area contributed by atoms with E-state index in [1.54, 1.807) is 0 Å². The molecule has 0 unspecified atom stereocenters. The van der Waals surface area contributed by atoms with Crippen LogP contribution < -0.4 is 0 Å². The molecule has 1 saturated heterocycles. The molecule has 156 valence electrons. The number of H-pyrrole nitrogens is 1. The number of hydrogen-bond acceptors (Lipinski definition) is 3. The molecule has 0 saturated carbocycles. The van der Waals surface area contributed by atoms with E-state index in [9.17, 15) is 8.78 Å². The zero-order valence-corrected chi connectivity index (χ0v) is 17.2. The first-order valence-corrected chi connectivity index (χ1v) is 10.4. The molecule has 0 spiro atoms. The molecule has 7 heteroatoms. The number of nitrogens with zero attached hydrogens (tertiary/aromatic N) is 4. The lowest BCUT2D eigenvalue weighted by atomic mass is 9.90. The summed E-state index contributed by atoms with van der Waals surface area (Å²) in [6, 6.07) is 6.43. The lowest BCUT2D eigenvalue weighted by Gasteiger charge is -2.31. The number of rotatable bonds is 4. The average molecular weight is 409 g/mol. The van der Waals surface area contributed by atoms with Gasteiger partial charge in [-0.1, -0.05) is 12.1 Å². The fourth-order valence-corrected chi connectivity index (χ4v) is 4.80. The molecule has 1 N–H and O–H groups in total. The maximum Gasteiger partial charge on any atom is 0.251 e. The summed E-state index contributed by atoms with van der Waals surface area (Å²) in [7, 11) is 1.92. The smallest absolute Gasteiger partial charge is 0.251 e. The lowest BCUT2D eigenvalue weighted by molar-refractivity contribution is 0.0752. The minimum absolute atomic E-state index is 0.123. The zero-order valence-electron chi connectivity index (χ0n) is 17.2. The van der Waals surface area contributed by atoms with Crippen LogP contribution in [0.3, 0.4) is 0 Å². The molecule has 0 amide bonds. The fourth-order valence-electron chi connectivity index (χ4n) is 4.80. The topological polar surface area (TPSA) is 49.7 Å². The number of pyridine rings is 1. The van der Waals surface area contributed by atoms with Gasteiger partial charge in [0.25, 0.3) is 6.43 Å². The normalized spacial score (nSPS) is 16.3. The molecule has 1 aromatic carbocycles. The van der Waals surface area contributed by atoms with Crippen LogP contribution in [0.4, 0.5) is 8.78 Å². The zero-order chi connectivity index (χ0) is 20.8. The van der Waals surface area contributed by atoms with Crippen LogP contribution >= 0.6 is 0 Å². The van der Waals surface area contributed by atoms with Gasteiger partial charge < -0.3 is 4.98 Å². The van der Waals surface area contributed by atoms with Crippen LogP contribution in [0.25, 0.3) is 32.9 Å². The maximum absolute atomic E-state index is 12.7. The van der Waals surface area contributed by atoms with Crippen molar-refractivity contribution in [2.45, 2.75) is 32.1 Å². The Hall–Kier alpha value is -2.80. The first-order valence-electron chi connectivity index (χ1n) is 10.4. The highest BCUT2D eigenvalue weighted by atomic mass is 19.3. The molecule has 3 aromatic heterocycles. The van der Waals surface area contributed by atoms with Crippen molar-refractivity contribution in [2.24, 2.45) is 7.05 Å². The molecule has 1 aliphatic rings. The number of fused-ring (bicyclic) bond motifs is 3. The van der Waals surface area contributed by atoms with Gasteiger partial charge in [0, 0.05) is 47.4 Å². The van der Waals surface area contributed by atoms with Crippen molar-refractivity contribution in [2.75, 3.05) is 19.6 Å². The van der Waals surface area contributed by atoms with Gasteiger partial charge >= 0.3 is 0 Å². The summed E-state index contributed by atoms with van der Waals surface area (Å²) >= 11 is 0. The van der Waals surface area contributed by atoms with Crippen LogP contribution in [-0.2, 0) is 7.05 Å². The number of nitrogens with one attached hydrogen (secondary N) is 1. The molecule has 4 heterocycles. The number of aryl methyl sites for hydroxylation is 2. The van der Waals surface area contributed by atoms with Crippen molar-refractivity contribution in [1.29, 1.82) is 0 Å². The third-order valence-corrected chi connectivity index (χ3v) is 6.35. The van der Waals surface area contributed by atoms with E-state index in [0.29, 0.717) is 19.0 Å². The van der Waals surface area contributed by atoms with Gasteiger partial charge in [-0.2, -0.15) is 5.10 Å². The monoisotopic (exact) mass is 409 g/mol. The molecule has 30 heavy (non-hydrogen) atoms. The summed E-state index contributed by atoms with van der Waals surface area (Å²) in [4.78, 5) is 10.1. The standard InChI is InChI=1S/C23H25F2N5/c1-14-21-19-9-16(18-11-27-29(2)12-18)3-4-17(19)10-26-23(21)28-22(14)15-5-7-30(8-6-15)13-20(24)25/h3-4,9-12,15,20H,5-8,13H2,1-2H3,(H,26,28). The van der Waals surface area contributed by atoms with Gasteiger partial charge in [0.1, 0.15) is 5.65 Å². The molecular weight excluding hydrogens is 384 g/mol. The Labute approximate surface area is 173 Å². The Bertz CT molecular complexity index is 1200. The number of aromatic nitrogens is 4. The van der Waals surface area contributed by atoms with E-state index in [1.165, 1.54) is 16.6 Å². The van der Waals surface area contributed by atoms with Gasteiger partial charge in [-0.3, -0.25) is 9.58 Å². The van der Waals surface area contributed by atoms with Crippen LogP contribution in [0.2, 0.25) is 0 Å². The quantitative estimate of drug-likeness (QED) is 0.523. The second-order valence-corrected chi connectivity index (χ2v) is 8.32. The molecule has 1 fully saturated rings. The maximum atomic E-state index is 12.7. The first-order chi connectivity index (χ1) is 14.5. The fraction of sp³-hybridized carbons (Fsp3) is 0.391. The van der Waals surface area contributed by atoms with E-state index >= 15 is 0 Å². The van der Waals surface area contributed by atoms with E-state index in [4.69, 9.17) is 0 Å². The van der Waals surface area contributed by atoms with Gasteiger partial charge in [0.2, 0.25) is 0 Å². The van der Waals surface area contributed by atoms with Crippen molar-refractivity contribution in [1.82, 2.24) is 24.6 Å². The summed E-state index contributed by atoms with van der Waals surface area (Å²) in [6.07, 6.45) is 5.32. The Balaban J connectivity index is 1.53. The number of piperidine rings is 1. The first kappa shape index (κ1) is 19.2. The third-order valence-electron chi connectivity index (χ3n) is 6.35. The molecule has 0 bridgehead atoms. The van der Waals surface area contributed by atoms with Crippen LogP contribution in [0.5, 0.6) is 0 Å². The van der Waals surface area contributed by atoms with Crippen LogP contribution in [0.1, 0.15) is 30.0 Å². The Morgan fingerprint density at radius 3 is 2.67 bits per heavy atom. The second kappa shape index (κ2) is 7.47. The lowest BCUT2D eigenvalue weighted by Crippen LogP contribution is -2.36. The summed E-state index contributed by atoms with van der Waals surface area (Å²) in [5, 5.41) is 7.73. The summed E-state index contributed by atoms with van der Waals surface area (Å²) in [5.41, 5.74) is 5.54. The van der Waals surface area contributed by atoms with Crippen molar-refractivity contribution in [3.8, 4) is 11.1 Å². The van der Waals surface area contributed by atoms with E-state index in [2.05, 4.69) is 40.2 Å². The van der Waals surface area contributed by atoms with Crippen LogP contribution in [-0.4, -0.2) is 50.7 Å². The molecule has 1 aliphatic heterocycles. The molecule has 5 rings (SSSR count). The molecular formula is C23H25F2N5. The highest BCUT2D eigenvalue weighted by molar-refractivity contribution is 6.08. The largest absolute Gasteiger partial charge is 0.343 e.